The fourth-order valence-electron chi connectivity index (χ4n) is 2.19. The van der Waals surface area contributed by atoms with Gasteiger partial charge in [-0.15, -0.1) is 0 Å². The summed E-state index contributed by atoms with van der Waals surface area (Å²) >= 11 is 0. The molecule has 1 saturated heterocycles. The summed E-state index contributed by atoms with van der Waals surface area (Å²) in [5, 5.41) is 3.50. The molecule has 0 aliphatic carbocycles. The number of pyridine rings is 1. The maximum absolute atomic E-state index is 4.08. The van der Waals surface area contributed by atoms with Gasteiger partial charge in [0.05, 0.1) is 5.54 Å². The molecule has 0 spiro atoms. The average Bonchev–Trinajstić information content (AvgIpc) is 2.44. The van der Waals surface area contributed by atoms with Crippen LogP contribution in [0.5, 0.6) is 0 Å². The van der Waals surface area contributed by atoms with E-state index in [2.05, 4.69) is 41.3 Å². The molecule has 0 amide bonds. The highest BCUT2D eigenvalue weighted by atomic mass is 15.2. The maximum atomic E-state index is 4.08. The zero-order valence-corrected chi connectivity index (χ0v) is 9.53. The van der Waals surface area contributed by atoms with Crippen molar-refractivity contribution in [1.29, 1.82) is 0 Å². The molecule has 1 aromatic heterocycles. The van der Waals surface area contributed by atoms with Gasteiger partial charge in [-0.2, -0.15) is 0 Å². The van der Waals surface area contributed by atoms with Gasteiger partial charge < -0.3 is 5.32 Å². The van der Waals surface area contributed by atoms with Gasteiger partial charge in [-0.1, -0.05) is 0 Å². The van der Waals surface area contributed by atoms with Crippen LogP contribution in [0.3, 0.4) is 0 Å². The van der Waals surface area contributed by atoms with Crippen molar-refractivity contribution in [1.82, 2.24) is 15.2 Å². The molecule has 2 rings (SSSR count). The molecule has 0 aromatic carbocycles. The van der Waals surface area contributed by atoms with Crippen LogP contribution in [0.25, 0.3) is 0 Å². The molecule has 0 radical (unpaired) electrons. The van der Waals surface area contributed by atoms with Crippen LogP contribution in [0.1, 0.15) is 18.9 Å². The van der Waals surface area contributed by atoms with Crippen molar-refractivity contribution >= 4 is 0 Å². The molecule has 1 atom stereocenters. The average molecular weight is 205 g/mol. The van der Waals surface area contributed by atoms with Crippen molar-refractivity contribution in [3.05, 3.63) is 30.1 Å². The third kappa shape index (κ3) is 2.03. The fourth-order valence-corrected chi connectivity index (χ4v) is 2.19. The lowest BCUT2D eigenvalue weighted by atomic mass is 9.91. The van der Waals surface area contributed by atoms with Gasteiger partial charge in [-0.25, -0.2) is 0 Å². The SMILES string of the molecule is CN1CCCNCC1(C)c1ccncc1. The first-order valence-corrected chi connectivity index (χ1v) is 5.56. The molecule has 1 N–H and O–H groups in total. The van der Waals surface area contributed by atoms with Crippen LogP contribution in [-0.4, -0.2) is 36.6 Å². The number of likely N-dealkylation sites (N-methyl/N-ethyl adjacent to an activating group) is 1. The largest absolute Gasteiger partial charge is 0.315 e. The van der Waals surface area contributed by atoms with Gasteiger partial charge in [0.15, 0.2) is 0 Å². The van der Waals surface area contributed by atoms with Crippen LogP contribution >= 0.6 is 0 Å². The predicted molar refractivity (Wildman–Crippen MR) is 61.7 cm³/mol. The van der Waals surface area contributed by atoms with Gasteiger partial charge in [0.1, 0.15) is 0 Å². The molecule has 1 aliphatic heterocycles. The molecule has 1 aromatic rings. The predicted octanol–water partition coefficient (Wildman–Crippen LogP) is 1.22. The van der Waals surface area contributed by atoms with Crippen LogP contribution in [0, 0.1) is 0 Å². The molecule has 2 heterocycles. The highest BCUT2D eigenvalue weighted by molar-refractivity contribution is 5.21. The topological polar surface area (TPSA) is 28.2 Å². The maximum Gasteiger partial charge on any atom is 0.0555 e. The fraction of sp³-hybridized carbons (Fsp3) is 0.583. The van der Waals surface area contributed by atoms with Crippen molar-refractivity contribution < 1.29 is 0 Å². The molecule has 3 heteroatoms. The number of nitrogens with zero attached hydrogens (tertiary/aromatic N) is 2. The van der Waals surface area contributed by atoms with Crippen LogP contribution < -0.4 is 5.32 Å². The summed E-state index contributed by atoms with van der Waals surface area (Å²) < 4.78 is 0. The Bertz CT molecular complexity index is 312. The number of nitrogens with one attached hydrogen (secondary N) is 1. The smallest absolute Gasteiger partial charge is 0.0555 e. The quantitative estimate of drug-likeness (QED) is 0.747. The summed E-state index contributed by atoms with van der Waals surface area (Å²) in [6.45, 7) is 5.56. The van der Waals surface area contributed by atoms with Gasteiger partial charge in [0, 0.05) is 18.9 Å². The monoisotopic (exact) mass is 205 g/mol. The minimum absolute atomic E-state index is 0.0967. The van der Waals surface area contributed by atoms with E-state index < -0.39 is 0 Å². The second-order valence-corrected chi connectivity index (χ2v) is 4.46. The first-order valence-electron chi connectivity index (χ1n) is 5.56. The molecular formula is C12H19N3. The molecule has 3 nitrogen and oxygen atoms in total. The number of aromatic nitrogens is 1. The Balaban J connectivity index is 2.30. The molecule has 0 saturated carbocycles. The van der Waals surface area contributed by atoms with Crippen molar-refractivity contribution in [3.63, 3.8) is 0 Å². The van der Waals surface area contributed by atoms with E-state index in [9.17, 15) is 0 Å². The molecular weight excluding hydrogens is 186 g/mol. The van der Waals surface area contributed by atoms with E-state index in [1.54, 1.807) is 0 Å². The van der Waals surface area contributed by atoms with E-state index in [0.717, 1.165) is 19.6 Å². The summed E-state index contributed by atoms with van der Waals surface area (Å²) in [5.41, 5.74) is 1.44. The highest BCUT2D eigenvalue weighted by Crippen LogP contribution is 2.27. The normalized spacial score (nSPS) is 28.7. The standard InChI is InChI=1S/C12H19N3/c1-12(11-4-7-13-8-5-11)10-14-6-3-9-15(12)2/h4-5,7-8,14H,3,6,9-10H2,1-2H3. The van der Waals surface area contributed by atoms with Crippen LogP contribution in [0.4, 0.5) is 0 Å². The van der Waals surface area contributed by atoms with Crippen molar-refractivity contribution in [3.8, 4) is 0 Å². The van der Waals surface area contributed by atoms with E-state index in [1.165, 1.54) is 12.0 Å². The minimum atomic E-state index is 0.0967. The van der Waals surface area contributed by atoms with E-state index in [4.69, 9.17) is 0 Å². The third-order valence-corrected chi connectivity index (χ3v) is 3.46. The van der Waals surface area contributed by atoms with E-state index >= 15 is 0 Å². The van der Waals surface area contributed by atoms with Gasteiger partial charge in [-0.3, -0.25) is 9.88 Å². The Morgan fingerprint density at radius 2 is 2.13 bits per heavy atom. The lowest BCUT2D eigenvalue weighted by molar-refractivity contribution is 0.151. The molecule has 0 bridgehead atoms. The Kier molecular flexibility index (Phi) is 3.03. The van der Waals surface area contributed by atoms with Crippen LogP contribution in [0.15, 0.2) is 24.5 Å². The number of hydrogen-bond acceptors (Lipinski definition) is 3. The zero-order chi connectivity index (χ0) is 10.7. The lowest BCUT2D eigenvalue weighted by Gasteiger charge is -2.37. The Hall–Kier alpha value is -0.930. The van der Waals surface area contributed by atoms with Crippen molar-refractivity contribution in [2.75, 3.05) is 26.7 Å². The number of rotatable bonds is 1. The first kappa shape index (κ1) is 10.6. The second-order valence-electron chi connectivity index (χ2n) is 4.46. The van der Waals surface area contributed by atoms with Gasteiger partial charge in [0.2, 0.25) is 0 Å². The molecule has 82 valence electrons. The van der Waals surface area contributed by atoms with E-state index in [0.29, 0.717) is 0 Å². The zero-order valence-electron chi connectivity index (χ0n) is 9.53. The molecule has 1 fully saturated rings. The van der Waals surface area contributed by atoms with Crippen molar-refractivity contribution in [2.24, 2.45) is 0 Å². The molecule has 1 aliphatic rings. The van der Waals surface area contributed by atoms with Crippen molar-refractivity contribution in [2.45, 2.75) is 18.9 Å². The van der Waals surface area contributed by atoms with E-state index in [-0.39, 0.29) is 5.54 Å². The lowest BCUT2D eigenvalue weighted by Crippen LogP contribution is -2.46. The van der Waals surface area contributed by atoms with Gasteiger partial charge in [-0.05, 0) is 51.2 Å². The summed E-state index contributed by atoms with van der Waals surface area (Å²) in [5.74, 6) is 0. The highest BCUT2D eigenvalue weighted by Gasteiger charge is 2.32. The summed E-state index contributed by atoms with van der Waals surface area (Å²) in [6, 6.07) is 4.23. The second kappa shape index (κ2) is 4.29. The summed E-state index contributed by atoms with van der Waals surface area (Å²) in [6.07, 6.45) is 4.97. The van der Waals surface area contributed by atoms with Crippen LogP contribution in [0.2, 0.25) is 0 Å². The minimum Gasteiger partial charge on any atom is -0.315 e. The third-order valence-electron chi connectivity index (χ3n) is 3.46. The van der Waals surface area contributed by atoms with Gasteiger partial charge >= 0.3 is 0 Å². The summed E-state index contributed by atoms with van der Waals surface area (Å²) in [4.78, 5) is 6.51. The molecule has 1 unspecified atom stereocenters. The first-order chi connectivity index (χ1) is 7.23. The Morgan fingerprint density at radius 3 is 2.87 bits per heavy atom. The summed E-state index contributed by atoms with van der Waals surface area (Å²) in [7, 11) is 2.20. The van der Waals surface area contributed by atoms with Gasteiger partial charge in [0.25, 0.3) is 0 Å². The molecule has 15 heavy (non-hydrogen) atoms. The van der Waals surface area contributed by atoms with E-state index in [1.807, 2.05) is 12.4 Å². The van der Waals surface area contributed by atoms with Crippen LogP contribution in [-0.2, 0) is 5.54 Å². The Labute approximate surface area is 91.5 Å². The number of hydrogen-bond donors (Lipinski definition) is 1. The Morgan fingerprint density at radius 1 is 1.40 bits per heavy atom.